The van der Waals surface area contributed by atoms with Gasteiger partial charge in [-0.1, -0.05) is 31.2 Å². The summed E-state index contributed by atoms with van der Waals surface area (Å²) in [4.78, 5) is 26.6. The number of anilines is 2. The number of nitrogens with one attached hydrogen (secondary N) is 2. The van der Waals surface area contributed by atoms with Crippen molar-refractivity contribution in [3.63, 3.8) is 0 Å². The quantitative estimate of drug-likeness (QED) is 0.840. The van der Waals surface area contributed by atoms with Gasteiger partial charge in [-0.25, -0.2) is 0 Å². The molecule has 2 aromatic rings. The van der Waals surface area contributed by atoms with Crippen molar-refractivity contribution >= 4 is 23.2 Å². The normalized spacial score (nSPS) is 13.8. The Labute approximate surface area is 154 Å². The van der Waals surface area contributed by atoms with Gasteiger partial charge in [0.15, 0.2) is 0 Å². The minimum atomic E-state index is -0.0946. The molecule has 0 saturated carbocycles. The SMILES string of the molecule is CCC(C)NC(=O)c1cccc(NCC(=O)N2CCc3ccccc32)c1. The van der Waals surface area contributed by atoms with Crippen molar-refractivity contribution < 1.29 is 9.59 Å². The largest absolute Gasteiger partial charge is 0.376 e. The first-order valence-corrected chi connectivity index (χ1v) is 9.11. The molecule has 1 unspecified atom stereocenters. The van der Waals surface area contributed by atoms with Crippen LogP contribution in [0.2, 0.25) is 0 Å². The molecular formula is C21H25N3O2. The summed E-state index contributed by atoms with van der Waals surface area (Å²) >= 11 is 0. The summed E-state index contributed by atoms with van der Waals surface area (Å²) in [5.41, 5.74) is 3.57. The lowest BCUT2D eigenvalue weighted by Crippen LogP contribution is -2.34. The van der Waals surface area contributed by atoms with Crippen molar-refractivity contribution in [1.82, 2.24) is 5.32 Å². The molecule has 0 aromatic heterocycles. The van der Waals surface area contributed by atoms with Gasteiger partial charge in [0.1, 0.15) is 0 Å². The van der Waals surface area contributed by atoms with E-state index in [0.717, 1.165) is 30.8 Å². The van der Waals surface area contributed by atoms with Crippen LogP contribution in [0.5, 0.6) is 0 Å². The third kappa shape index (κ3) is 4.04. The predicted molar refractivity (Wildman–Crippen MR) is 105 cm³/mol. The molecular weight excluding hydrogens is 326 g/mol. The lowest BCUT2D eigenvalue weighted by Gasteiger charge is -2.18. The standard InChI is InChI=1S/C21H25N3O2/c1-3-15(2)23-21(26)17-8-6-9-18(13-17)22-14-20(25)24-12-11-16-7-4-5-10-19(16)24/h4-10,13,15,22H,3,11-12,14H2,1-2H3,(H,23,26). The van der Waals surface area contributed by atoms with Crippen molar-refractivity contribution in [2.75, 3.05) is 23.3 Å². The average Bonchev–Trinajstić information content (AvgIpc) is 3.10. The third-order valence-corrected chi connectivity index (χ3v) is 4.75. The Kier molecular flexibility index (Phi) is 5.56. The molecule has 2 N–H and O–H groups in total. The molecule has 1 atom stereocenters. The molecule has 136 valence electrons. The van der Waals surface area contributed by atoms with Crippen LogP contribution in [0.3, 0.4) is 0 Å². The fraction of sp³-hybridized carbons (Fsp3) is 0.333. The molecule has 0 bridgehead atoms. The molecule has 0 saturated heterocycles. The van der Waals surface area contributed by atoms with E-state index in [1.165, 1.54) is 5.56 Å². The number of nitrogens with zero attached hydrogens (tertiary/aromatic N) is 1. The number of hydrogen-bond acceptors (Lipinski definition) is 3. The van der Waals surface area contributed by atoms with E-state index in [4.69, 9.17) is 0 Å². The van der Waals surface area contributed by atoms with Gasteiger partial charge in [-0.2, -0.15) is 0 Å². The van der Waals surface area contributed by atoms with Crippen LogP contribution in [-0.4, -0.2) is 30.9 Å². The number of carbonyl (C=O) groups excluding carboxylic acids is 2. The number of benzene rings is 2. The van der Waals surface area contributed by atoms with Crippen molar-refractivity contribution in [3.8, 4) is 0 Å². The maximum Gasteiger partial charge on any atom is 0.251 e. The molecule has 5 heteroatoms. The zero-order valence-corrected chi connectivity index (χ0v) is 15.3. The van der Waals surface area contributed by atoms with Crippen molar-refractivity contribution in [3.05, 3.63) is 59.7 Å². The smallest absolute Gasteiger partial charge is 0.251 e. The van der Waals surface area contributed by atoms with Gasteiger partial charge in [-0.05, 0) is 49.6 Å². The lowest BCUT2D eigenvalue weighted by molar-refractivity contribution is -0.116. The molecule has 0 spiro atoms. The molecule has 0 aliphatic carbocycles. The Bertz CT molecular complexity index is 803. The van der Waals surface area contributed by atoms with E-state index >= 15 is 0 Å². The van der Waals surface area contributed by atoms with Crippen LogP contribution in [0.25, 0.3) is 0 Å². The number of hydrogen-bond donors (Lipinski definition) is 2. The van der Waals surface area contributed by atoms with Crippen LogP contribution in [0.1, 0.15) is 36.2 Å². The topological polar surface area (TPSA) is 61.4 Å². The zero-order valence-electron chi connectivity index (χ0n) is 15.3. The molecule has 1 heterocycles. The first kappa shape index (κ1) is 18.0. The second-order valence-corrected chi connectivity index (χ2v) is 6.64. The summed E-state index contributed by atoms with van der Waals surface area (Å²) in [5, 5.41) is 6.10. The highest BCUT2D eigenvalue weighted by molar-refractivity contribution is 5.98. The number of rotatable bonds is 6. The fourth-order valence-corrected chi connectivity index (χ4v) is 3.05. The molecule has 1 aliphatic rings. The highest BCUT2D eigenvalue weighted by Crippen LogP contribution is 2.27. The minimum absolute atomic E-state index is 0.0319. The van der Waals surface area contributed by atoms with Crippen LogP contribution in [0, 0.1) is 0 Å². The highest BCUT2D eigenvalue weighted by atomic mass is 16.2. The van der Waals surface area contributed by atoms with E-state index in [9.17, 15) is 9.59 Å². The van der Waals surface area contributed by atoms with E-state index in [0.29, 0.717) is 5.56 Å². The van der Waals surface area contributed by atoms with Gasteiger partial charge in [0.2, 0.25) is 5.91 Å². The van der Waals surface area contributed by atoms with Gasteiger partial charge in [-0.15, -0.1) is 0 Å². The Balaban J connectivity index is 1.61. The minimum Gasteiger partial charge on any atom is -0.376 e. The average molecular weight is 351 g/mol. The number of para-hydroxylation sites is 1. The van der Waals surface area contributed by atoms with Crippen LogP contribution in [0.4, 0.5) is 11.4 Å². The van der Waals surface area contributed by atoms with E-state index < -0.39 is 0 Å². The highest BCUT2D eigenvalue weighted by Gasteiger charge is 2.23. The molecule has 3 rings (SSSR count). The summed E-state index contributed by atoms with van der Waals surface area (Å²) in [6.45, 7) is 4.93. The van der Waals surface area contributed by atoms with Crippen molar-refractivity contribution in [1.29, 1.82) is 0 Å². The molecule has 5 nitrogen and oxygen atoms in total. The Morgan fingerprint density at radius 1 is 1.15 bits per heavy atom. The summed E-state index contributed by atoms with van der Waals surface area (Å²) < 4.78 is 0. The summed E-state index contributed by atoms with van der Waals surface area (Å²) in [6.07, 6.45) is 1.78. The summed E-state index contributed by atoms with van der Waals surface area (Å²) in [6, 6.07) is 15.4. The predicted octanol–water partition coefficient (Wildman–Crippen LogP) is 3.22. The Hall–Kier alpha value is -2.82. The van der Waals surface area contributed by atoms with Gasteiger partial charge < -0.3 is 15.5 Å². The Morgan fingerprint density at radius 3 is 2.77 bits per heavy atom. The molecule has 1 aliphatic heterocycles. The fourth-order valence-electron chi connectivity index (χ4n) is 3.05. The lowest BCUT2D eigenvalue weighted by atomic mass is 10.1. The molecule has 0 fully saturated rings. The van der Waals surface area contributed by atoms with E-state index in [-0.39, 0.29) is 24.4 Å². The van der Waals surface area contributed by atoms with Crippen LogP contribution in [0.15, 0.2) is 48.5 Å². The van der Waals surface area contributed by atoms with E-state index in [2.05, 4.69) is 16.7 Å². The van der Waals surface area contributed by atoms with Crippen molar-refractivity contribution in [2.24, 2.45) is 0 Å². The second kappa shape index (κ2) is 8.04. The number of amides is 2. The third-order valence-electron chi connectivity index (χ3n) is 4.75. The van der Waals surface area contributed by atoms with Crippen LogP contribution in [-0.2, 0) is 11.2 Å². The first-order valence-electron chi connectivity index (χ1n) is 9.11. The van der Waals surface area contributed by atoms with E-state index in [1.807, 2.05) is 49.1 Å². The zero-order chi connectivity index (χ0) is 18.5. The van der Waals surface area contributed by atoms with Gasteiger partial charge in [-0.3, -0.25) is 9.59 Å². The monoisotopic (exact) mass is 351 g/mol. The number of fused-ring (bicyclic) bond motifs is 1. The van der Waals surface area contributed by atoms with Gasteiger partial charge in [0.25, 0.3) is 5.91 Å². The van der Waals surface area contributed by atoms with Gasteiger partial charge in [0.05, 0.1) is 6.54 Å². The van der Waals surface area contributed by atoms with Crippen LogP contribution < -0.4 is 15.5 Å². The van der Waals surface area contributed by atoms with Crippen molar-refractivity contribution in [2.45, 2.75) is 32.7 Å². The molecule has 0 radical (unpaired) electrons. The maximum atomic E-state index is 12.6. The molecule has 2 amide bonds. The Morgan fingerprint density at radius 2 is 1.96 bits per heavy atom. The second-order valence-electron chi connectivity index (χ2n) is 6.64. The molecule has 26 heavy (non-hydrogen) atoms. The summed E-state index contributed by atoms with van der Waals surface area (Å²) in [5.74, 6) is -0.0628. The van der Waals surface area contributed by atoms with Crippen LogP contribution >= 0.6 is 0 Å². The number of carbonyl (C=O) groups is 2. The first-order chi connectivity index (χ1) is 12.6. The van der Waals surface area contributed by atoms with Gasteiger partial charge >= 0.3 is 0 Å². The molecule has 2 aromatic carbocycles. The van der Waals surface area contributed by atoms with Gasteiger partial charge in [0, 0.05) is 29.5 Å². The summed E-state index contributed by atoms with van der Waals surface area (Å²) in [7, 11) is 0. The van der Waals surface area contributed by atoms with E-state index in [1.54, 1.807) is 12.1 Å². The maximum absolute atomic E-state index is 12.6.